The predicted octanol–water partition coefficient (Wildman–Crippen LogP) is 5.00. The van der Waals surface area contributed by atoms with Crippen LogP contribution in [-0.2, 0) is 14.3 Å². The predicted molar refractivity (Wildman–Crippen MR) is 143 cm³/mol. The molecule has 202 valence electrons. The molecule has 1 aromatic carbocycles. The zero-order valence-electron chi connectivity index (χ0n) is 23.2. The van der Waals surface area contributed by atoms with E-state index >= 15 is 0 Å². The van der Waals surface area contributed by atoms with Crippen LogP contribution in [0.3, 0.4) is 0 Å². The van der Waals surface area contributed by atoms with Crippen molar-refractivity contribution in [2.75, 3.05) is 6.54 Å². The molecule has 0 spiro atoms. The molecule has 3 amide bonds. The van der Waals surface area contributed by atoms with E-state index in [2.05, 4.69) is 17.2 Å². The molecule has 0 aliphatic rings. The van der Waals surface area contributed by atoms with Crippen LogP contribution >= 0.6 is 0 Å². The number of rotatable bonds is 12. The molecule has 0 aliphatic carbocycles. The molecule has 1 rings (SSSR count). The summed E-state index contributed by atoms with van der Waals surface area (Å²) in [4.78, 5) is 41.6. The Hall–Kier alpha value is -3.03. The molecule has 0 saturated carbocycles. The number of carbonyl (C=O) groups is 3. The van der Waals surface area contributed by atoms with Crippen LogP contribution in [0.2, 0.25) is 0 Å². The highest BCUT2D eigenvalue weighted by molar-refractivity contribution is 5.92. The highest BCUT2D eigenvalue weighted by Crippen LogP contribution is 2.28. The Morgan fingerprint density at radius 3 is 2.31 bits per heavy atom. The number of hydrogen-bond acceptors (Lipinski definition) is 5. The Kier molecular flexibility index (Phi) is 12.0. The van der Waals surface area contributed by atoms with Crippen LogP contribution in [0.15, 0.2) is 30.9 Å². The quantitative estimate of drug-likeness (QED) is 0.348. The van der Waals surface area contributed by atoms with Crippen molar-refractivity contribution in [2.45, 2.75) is 98.4 Å². The molecular formula is C28H45N3O5. The van der Waals surface area contributed by atoms with Crippen molar-refractivity contribution < 1.29 is 24.2 Å². The molecule has 4 unspecified atom stereocenters. The van der Waals surface area contributed by atoms with Gasteiger partial charge >= 0.3 is 6.09 Å². The second kappa shape index (κ2) is 13.9. The van der Waals surface area contributed by atoms with Crippen LogP contribution in [0.25, 0.3) is 0 Å². The van der Waals surface area contributed by atoms with Gasteiger partial charge in [0.2, 0.25) is 11.8 Å². The van der Waals surface area contributed by atoms with Crippen LogP contribution in [0.1, 0.15) is 84.9 Å². The lowest BCUT2D eigenvalue weighted by Gasteiger charge is -2.36. The van der Waals surface area contributed by atoms with Crippen LogP contribution < -0.4 is 10.6 Å². The topological polar surface area (TPSA) is 108 Å². The number of benzene rings is 1. The van der Waals surface area contributed by atoms with Crippen LogP contribution in [0, 0.1) is 12.8 Å². The molecular weight excluding hydrogens is 458 g/mol. The summed E-state index contributed by atoms with van der Waals surface area (Å²) in [5.41, 5.74) is 0.417. The number of hydrogen-bond donors (Lipinski definition) is 3. The largest absolute Gasteiger partial charge is 0.508 e. The summed E-state index contributed by atoms with van der Waals surface area (Å²) in [7, 11) is 0. The molecule has 0 saturated heterocycles. The van der Waals surface area contributed by atoms with E-state index < -0.39 is 29.7 Å². The minimum absolute atomic E-state index is 0.0853. The van der Waals surface area contributed by atoms with Gasteiger partial charge in [0.25, 0.3) is 0 Å². The summed E-state index contributed by atoms with van der Waals surface area (Å²) < 4.78 is 5.41. The number of carbonyl (C=O) groups excluding carboxylic acids is 3. The number of aromatic hydroxyl groups is 1. The van der Waals surface area contributed by atoms with Gasteiger partial charge in [-0.25, -0.2) is 4.79 Å². The SMILES string of the molecule is C=CCN(C(=O)C(NC(=O)OC(C)(C)C)C(C)CC)C(C(=O)NC(C)CCC)c1ccc(O)c(C)c1. The van der Waals surface area contributed by atoms with Gasteiger partial charge in [-0.05, 0) is 70.2 Å². The van der Waals surface area contributed by atoms with Gasteiger partial charge in [-0.3, -0.25) is 9.59 Å². The van der Waals surface area contributed by atoms with Gasteiger partial charge in [0.15, 0.2) is 0 Å². The van der Waals surface area contributed by atoms with E-state index in [1.165, 1.54) is 11.0 Å². The maximum Gasteiger partial charge on any atom is 0.408 e. The summed E-state index contributed by atoms with van der Waals surface area (Å²) in [6.45, 7) is 18.6. The van der Waals surface area contributed by atoms with Crippen molar-refractivity contribution in [1.82, 2.24) is 15.5 Å². The fraction of sp³-hybridized carbons (Fsp3) is 0.607. The van der Waals surface area contributed by atoms with E-state index in [0.717, 1.165) is 12.8 Å². The minimum atomic E-state index is -0.985. The maximum atomic E-state index is 14.0. The van der Waals surface area contributed by atoms with Crippen LogP contribution in [0.5, 0.6) is 5.75 Å². The third kappa shape index (κ3) is 9.21. The standard InChI is InChI=1S/C28H45N3O5/c1-10-13-20(6)29-25(33)24(21-14-15-22(32)19(5)17-21)31(16-11-2)26(34)23(18(4)12-3)30-27(35)36-28(7,8)9/h11,14-15,17-18,20,23-24,32H,2,10,12-13,16H2,1,3-9H3,(H,29,33)(H,30,35). The smallest absolute Gasteiger partial charge is 0.408 e. The van der Waals surface area contributed by atoms with E-state index in [4.69, 9.17) is 4.74 Å². The van der Waals surface area contributed by atoms with E-state index in [1.807, 2.05) is 27.7 Å². The van der Waals surface area contributed by atoms with Gasteiger partial charge in [-0.2, -0.15) is 0 Å². The molecule has 4 atom stereocenters. The molecule has 0 bridgehead atoms. The summed E-state index contributed by atoms with van der Waals surface area (Å²) in [5.74, 6) is -0.870. The van der Waals surface area contributed by atoms with Crippen molar-refractivity contribution in [3.63, 3.8) is 0 Å². The van der Waals surface area contributed by atoms with E-state index in [0.29, 0.717) is 17.5 Å². The Morgan fingerprint density at radius 2 is 1.81 bits per heavy atom. The Labute approximate surface area is 216 Å². The van der Waals surface area contributed by atoms with Gasteiger partial charge in [0, 0.05) is 12.6 Å². The highest BCUT2D eigenvalue weighted by atomic mass is 16.6. The molecule has 1 aromatic rings. The Morgan fingerprint density at radius 1 is 1.17 bits per heavy atom. The molecule has 0 fully saturated rings. The van der Waals surface area contributed by atoms with Crippen molar-refractivity contribution in [2.24, 2.45) is 5.92 Å². The third-order valence-electron chi connectivity index (χ3n) is 5.97. The summed E-state index contributed by atoms with van der Waals surface area (Å²) >= 11 is 0. The molecule has 8 heteroatoms. The first-order valence-electron chi connectivity index (χ1n) is 12.8. The lowest BCUT2D eigenvalue weighted by Crippen LogP contribution is -2.55. The monoisotopic (exact) mass is 503 g/mol. The highest BCUT2D eigenvalue weighted by Gasteiger charge is 2.38. The molecule has 0 aliphatic heterocycles. The van der Waals surface area contributed by atoms with Crippen molar-refractivity contribution in [3.05, 3.63) is 42.0 Å². The normalized spacial score (nSPS) is 14.7. The maximum absolute atomic E-state index is 14.0. The van der Waals surface area contributed by atoms with Gasteiger partial charge in [-0.15, -0.1) is 6.58 Å². The molecule has 0 aromatic heterocycles. The molecule has 36 heavy (non-hydrogen) atoms. The zero-order valence-corrected chi connectivity index (χ0v) is 23.2. The van der Waals surface area contributed by atoms with Crippen LogP contribution in [-0.4, -0.2) is 52.1 Å². The average molecular weight is 504 g/mol. The third-order valence-corrected chi connectivity index (χ3v) is 5.97. The summed E-state index contributed by atoms with van der Waals surface area (Å²) in [6, 6.07) is 2.87. The van der Waals surface area contributed by atoms with Gasteiger partial charge < -0.3 is 25.4 Å². The second-order valence-corrected chi connectivity index (χ2v) is 10.4. The van der Waals surface area contributed by atoms with Gasteiger partial charge in [0.05, 0.1) is 0 Å². The number of phenols is 1. The summed E-state index contributed by atoms with van der Waals surface area (Å²) in [6.07, 6.45) is 3.17. The lowest BCUT2D eigenvalue weighted by atomic mass is 9.95. The minimum Gasteiger partial charge on any atom is -0.508 e. The first kappa shape index (κ1) is 31.0. The van der Waals surface area contributed by atoms with Crippen molar-refractivity contribution in [3.8, 4) is 5.75 Å². The summed E-state index contributed by atoms with van der Waals surface area (Å²) in [5, 5.41) is 15.8. The van der Waals surface area contributed by atoms with E-state index in [-0.39, 0.29) is 30.2 Å². The fourth-order valence-electron chi connectivity index (χ4n) is 3.91. The zero-order chi connectivity index (χ0) is 27.6. The molecule has 0 radical (unpaired) electrons. The average Bonchev–Trinajstić information content (AvgIpc) is 2.77. The number of alkyl carbamates (subject to hydrolysis) is 1. The molecule has 8 nitrogen and oxygen atoms in total. The number of phenolic OH excluding ortho intramolecular Hbond substituents is 1. The number of amides is 3. The number of aryl methyl sites for hydroxylation is 1. The second-order valence-electron chi connectivity index (χ2n) is 10.4. The van der Waals surface area contributed by atoms with E-state index in [1.54, 1.807) is 45.9 Å². The number of nitrogens with zero attached hydrogens (tertiary/aromatic N) is 1. The van der Waals surface area contributed by atoms with Gasteiger partial charge in [-0.1, -0.05) is 45.8 Å². The Bertz CT molecular complexity index is 909. The first-order valence-corrected chi connectivity index (χ1v) is 12.8. The molecule has 3 N–H and O–H groups in total. The lowest BCUT2D eigenvalue weighted by molar-refractivity contribution is -0.143. The van der Waals surface area contributed by atoms with Crippen molar-refractivity contribution in [1.29, 1.82) is 0 Å². The molecule has 0 heterocycles. The van der Waals surface area contributed by atoms with E-state index in [9.17, 15) is 19.5 Å². The van der Waals surface area contributed by atoms with Gasteiger partial charge in [0.1, 0.15) is 23.4 Å². The number of ether oxygens (including phenoxy) is 1. The fourth-order valence-corrected chi connectivity index (χ4v) is 3.91. The Balaban J connectivity index is 3.52. The van der Waals surface area contributed by atoms with Crippen molar-refractivity contribution >= 4 is 17.9 Å². The first-order chi connectivity index (χ1) is 16.7. The van der Waals surface area contributed by atoms with Crippen LogP contribution in [0.4, 0.5) is 4.79 Å². The number of nitrogens with one attached hydrogen (secondary N) is 2.